The molecule has 0 spiro atoms. The monoisotopic (exact) mass is 314 g/mol. The number of H-pyrrole nitrogens is 1. The first-order valence-corrected chi connectivity index (χ1v) is 7.97. The molecule has 0 unspecified atom stereocenters. The second kappa shape index (κ2) is 6.32. The summed E-state index contributed by atoms with van der Waals surface area (Å²) in [7, 11) is 0. The molecule has 1 aromatic carbocycles. The number of primary amides is 1. The van der Waals surface area contributed by atoms with Crippen molar-refractivity contribution in [1.82, 2.24) is 15.2 Å². The molecule has 4 N–H and O–H groups in total. The Balaban J connectivity index is 1.61. The molecule has 1 aliphatic heterocycles. The van der Waals surface area contributed by atoms with E-state index in [1.165, 1.54) is 11.1 Å². The molecule has 1 aromatic heterocycles. The van der Waals surface area contributed by atoms with Crippen LogP contribution in [0.1, 0.15) is 31.4 Å². The fourth-order valence-electron chi connectivity index (χ4n) is 3.28. The summed E-state index contributed by atoms with van der Waals surface area (Å²) in [6, 6.07) is 9.20. The van der Waals surface area contributed by atoms with Gasteiger partial charge in [0.1, 0.15) is 6.04 Å². The molecule has 6 heteroatoms. The zero-order chi connectivity index (χ0) is 16.4. The Kier molecular flexibility index (Phi) is 4.23. The van der Waals surface area contributed by atoms with Crippen molar-refractivity contribution in [2.75, 3.05) is 13.1 Å². The fourth-order valence-corrected chi connectivity index (χ4v) is 3.28. The Morgan fingerprint density at radius 2 is 2.00 bits per heavy atom. The quantitative estimate of drug-likeness (QED) is 0.808. The highest BCUT2D eigenvalue weighted by atomic mass is 16.2. The van der Waals surface area contributed by atoms with Gasteiger partial charge < -0.3 is 20.9 Å². The van der Waals surface area contributed by atoms with Gasteiger partial charge in [-0.25, -0.2) is 4.79 Å². The number of carbonyl (C=O) groups excluding carboxylic acids is 2. The predicted octanol–water partition coefficient (Wildman–Crippen LogP) is 1.93. The van der Waals surface area contributed by atoms with Crippen LogP contribution >= 0.6 is 0 Å². The van der Waals surface area contributed by atoms with Crippen molar-refractivity contribution in [3.63, 3.8) is 0 Å². The number of piperidine rings is 1. The standard InChI is InChI=1S/C17H22N4O2/c1-11(19-17(18)23)16(22)21-8-6-12(7-9-21)15-10-13-4-2-3-5-14(13)20-15/h2-5,10-12,20H,6-9H2,1H3,(H3,18,19,23)/t11-/m1/s1. The van der Waals surface area contributed by atoms with Crippen LogP contribution in [0.25, 0.3) is 10.9 Å². The van der Waals surface area contributed by atoms with Gasteiger partial charge in [0, 0.05) is 30.2 Å². The van der Waals surface area contributed by atoms with Gasteiger partial charge in [-0.1, -0.05) is 18.2 Å². The largest absolute Gasteiger partial charge is 0.358 e. The van der Waals surface area contributed by atoms with E-state index in [0.717, 1.165) is 18.4 Å². The topological polar surface area (TPSA) is 91.2 Å². The number of urea groups is 1. The lowest BCUT2D eigenvalue weighted by Gasteiger charge is -2.33. The van der Waals surface area contributed by atoms with Gasteiger partial charge >= 0.3 is 6.03 Å². The third kappa shape index (κ3) is 3.31. The van der Waals surface area contributed by atoms with Gasteiger partial charge in [0.2, 0.25) is 5.91 Å². The number of hydrogen-bond donors (Lipinski definition) is 3. The van der Waals surface area contributed by atoms with Crippen LogP contribution in [0.2, 0.25) is 0 Å². The van der Waals surface area contributed by atoms with Gasteiger partial charge in [0.15, 0.2) is 0 Å². The first-order valence-electron chi connectivity index (χ1n) is 7.97. The molecule has 0 radical (unpaired) electrons. The number of para-hydroxylation sites is 1. The maximum absolute atomic E-state index is 12.3. The summed E-state index contributed by atoms with van der Waals surface area (Å²) in [6.07, 6.45) is 1.84. The van der Waals surface area contributed by atoms with E-state index >= 15 is 0 Å². The minimum Gasteiger partial charge on any atom is -0.358 e. The summed E-state index contributed by atoms with van der Waals surface area (Å²) in [5.74, 6) is 0.366. The first kappa shape index (κ1) is 15.4. The number of aromatic amines is 1. The Labute approximate surface area is 135 Å². The number of carbonyl (C=O) groups is 2. The van der Waals surface area contributed by atoms with E-state index in [-0.39, 0.29) is 5.91 Å². The molecule has 1 aliphatic rings. The molecular weight excluding hydrogens is 292 g/mol. The SMILES string of the molecule is C[C@@H](NC(N)=O)C(=O)N1CCC(c2cc3ccccc3[nH]2)CC1. The lowest BCUT2D eigenvalue weighted by Crippen LogP contribution is -2.50. The average Bonchev–Trinajstić information content (AvgIpc) is 2.97. The van der Waals surface area contributed by atoms with Crippen LogP contribution in [0, 0.1) is 0 Å². The highest BCUT2D eigenvalue weighted by molar-refractivity contribution is 5.86. The second-order valence-electron chi connectivity index (χ2n) is 6.14. The summed E-state index contributed by atoms with van der Waals surface area (Å²) in [4.78, 5) is 28.4. The lowest BCUT2D eigenvalue weighted by molar-refractivity contribution is -0.133. The van der Waals surface area contributed by atoms with Crippen molar-refractivity contribution in [1.29, 1.82) is 0 Å². The molecule has 3 amide bonds. The van der Waals surface area contributed by atoms with E-state index in [2.05, 4.69) is 28.5 Å². The summed E-state index contributed by atoms with van der Waals surface area (Å²) in [5, 5.41) is 3.66. The molecule has 1 atom stereocenters. The predicted molar refractivity (Wildman–Crippen MR) is 89.0 cm³/mol. The molecule has 0 aliphatic carbocycles. The number of aromatic nitrogens is 1. The summed E-state index contributed by atoms with van der Waals surface area (Å²) in [6.45, 7) is 3.06. The summed E-state index contributed by atoms with van der Waals surface area (Å²) >= 11 is 0. The van der Waals surface area contributed by atoms with Crippen LogP contribution in [0.4, 0.5) is 4.79 Å². The second-order valence-corrected chi connectivity index (χ2v) is 6.14. The van der Waals surface area contributed by atoms with E-state index in [9.17, 15) is 9.59 Å². The van der Waals surface area contributed by atoms with Crippen molar-refractivity contribution >= 4 is 22.8 Å². The Morgan fingerprint density at radius 1 is 1.30 bits per heavy atom. The fraction of sp³-hybridized carbons (Fsp3) is 0.412. The molecule has 1 saturated heterocycles. The molecule has 2 heterocycles. The highest BCUT2D eigenvalue weighted by Crippen LogP contribution is 2.30. The van der Waals surface area contributed by atoms with Gasteiger partial charge in [-0.2, -0.15) is 0 Å². The van der Waals surface area contributed by atoms with Gasteiger partial charge in [-0.15, -0.1) is 0 Å². The lowest BCUT2D eigenvalue weighted by atomic mass is 9.93. The number of likely N-dealkylation sites (tertiary alicyclic amines) is 1. The van der Waals surface area contributed by atoms with Crippen molar-refractivity contribution < 1.29 is 9.59 Å². The Bertz CT molecular complexity index is 683. The third-order valence-electron chi connectivity index (χ3n) is 4.53. The number of nitrogens with two attached hydrogens (primary N) is 1. The normalized spacial score (nSPS) is 17.2. The third-order valence-corrected chi connectivity index (χ3v) is 4.53. The van der Waals surface area contributed by atoms with Gasteiger partial charge in [-0.05, 0) is 37.3 Å². The van der Waals surface area contributed by atoms with E-state index in [4.69, 9.17) is 5.73 Å². The van der Waals surface area contributed by atoms with Gasteiger partial charge in [-0.3, -0.25) is 4.79 Å². The number of rotatable bonds is 3. The number of amides is 3. The van der Waals surface area contributed by atoms with E-state index in [1.807, 2.05) is 12.1 Å². The van der Waals surface area contributed by atoms with Gasteiger partial charge in [0.25, 0.3) is 0 Å². The Morgan fingerprint density at radius 3 is 2.65 bits per heavy atom. The number of nitrogens with zero attached hydrogens (tertiary/aromatic N) is 1. The van der Waals surface area contributed by atoms with Crippen LogP contribution in [0.15, 0.2) is 30.3 Å². The molecule has 122 valence electrons. The van der Waals surface area contributed by atoms with E-state index in [1.54, 1.807) is 11.8 Å². The summed E-state index contributed by atoms with van der Waals surface area (Å²) < 4.78 is 0. The molecule has 23 heavy (non-hydrogen) atoms. The van der Waals surface area contributed by atoms with Gasteiger partial charge in [0.05, 0.1) is 0 Å². The van der Waals surface area contributed by atoms with Crippen LogP contribution in [0.5, 0.6) is 0 Å². The van der Waals surface area contributed by atoms with Crippen molar-refractivity contribution in [2.45, 2.75) is 31.7 Å². The number of fused-ring (bicyclic) bond motifs is 1. The minimum atomic E-state index is -0.668. The summed E-state index contributed by atoms with van der Waals surface area (Å²) in [5.41, 5.74) is 7.46. The molecule has 0 saturated carbocycles. The van der Waals surface area contributed by atoms with Crippen LogP contribution in [-0.2, 0) is 4.79 Å². The van der Waals surface area contributed by atoms with Crippen molar-refractivity contribution in [2.24, 2.45) is 5.73 Å². The molecular formula is C17H22N4O2. The number of benzene rings is 1. The van der Waals surface area contributed by atoms with Crippen molar-refractivity contribution in [3.8, 4) is 0 Å². The van der Waals surface area contributed by atoms with E-state index < -0.39 is 12.1 Å². The minimum absolute atomic E-state index is 0.0705. The molecule has 1 fully saturated rings. The van der Waals surface area contributed by atoms with Crippen LogP contribution in [0.3, 0.4) is 0 Å². The average molecular weight is 314 g/mol. The zero-order valence-corrected chi connectivity index (χ0v) is 13.2. The maximum atomic E-state index is 12.3. The maximum Gasteiger partial charge on any atom is 0.312 e. The van der Waals surface area contributed by atoms with Crippen LogP contribution in [-0.4, -0.2) is 41.0 Å². The molecule has 0 bridgehead atoms. The van der Waals surface area contributed by atoms with E-state index in [0.29, 0.717) is 19.0 Å². The molecule has 6 nitrogen and oxygen atoms in total. The zero-order valence-electron chi connectivity index (χ0n) is 13.2. The van der Waals surface area contributed by atoms with Crippen LogP contribution < -0.4 is 11.1 Å². The number of nitrogens with one attached hydrogen (secondary N) is 2. The highest BCUT2D eigenvalue weighted by Gasteiger charge is 2.27. The number of hydrogen-bond acceptors (Lipinski definition) is 2. The molecule has 3 rings (SSSR count). The smallest absolute Gasteiger partial charge is 0.312 e. The van der Waals surface area contributed by atoms with Crippen molar-refractivity contribution in [3.05, 3.63) is 36.0 Å². The molecule has 2 aromatic rings. The Hall–Kier alpha value is -2.50. The first-order chi connectivity index (χ1) is 11.0.